The highest BCUT2D eigenvalue weighted by Gasteiger charge is 2.03. The van der Waals surface area contributed by atoms with E-state index in [4.69, 9.17) is 0 Å². The third-order valence-electron chi connectivity index (χ3n) is 2.25. The molecule has 0 spiro atoms. The summed E-state index contributed by atoms with van der Waals surface area (Å²) in [7, 11) is 1.79. The van der Waals surface area contributed by atoms with Gasteiger partial charge in [0.1, 0.15) is 0 Å². The van der Waals surface area contributed by atoms with Gasteiger partial charge in [-0.05, 0) is 17.7 Å². The van der Waals surface area contributed by atoms with Gasteiger partial charge in [-0.15, -0.1) is 0 Å². The van der Waals surface area contributed by atoms with Crippen molar-refractivity contribution in [2.45, 2.75) is 6.54 Å². The lowest BCUT2D eigenvalue weighted by molar-refractivity contribution is 0.506. The lowest BCUT2D eigenvalue weighted by Crippen LogP contribution is -2.00. The fourth-order valence-corrected chi connectivity index (χ4v) is 1.40. The molecular formula is C11H11F2N3. The van der Waals surface area contributed by atoms with Crippen LogP contribution in [0.5, 0.6) is 0 Å². The average molecular weight is 223 g/mol. The van der Waals surface area contributed by atoms with Crippen molar-refractivity contribution in [3.05, 3.63) is 47.8 Å². The van der Waals surface area contributed by atoms with Crippen LogP contribution in [0.4, 0.5) is 14.5 Å². The Morgan fingerprint density at radius 3 is 2.75 bits per heavy atom. The van der Waals surface area contributed by atoms with E-state index in [2.05, 4.69) is 10.4 Å². The van der Waals surface area contributed by atoms with Gasteiger partial charge in [0.25, 0.3) is 0 Å². The maximum atomic E-state index is 12.9. The molecule has 2 aromatic rings. The Labute approximate surface area is 91.7 Å². The van der Waals surface area contributed by atoms with Gasteiger partial charge in [-0.3, -0.25) is 4.68 Å². The number of hydrogen-bond donors (Lipinski definition) is 1. The Hall–Kier alpha value is -1.91. The third-order valence-corrected chi connectivity index (χ3v) is 2.25. The lowest BCUT2D eigenvalue weighted by Gasteiger charge is -2.02. The van der Waals surface area contributed by atoms with Crippen LogP contribution in [0.15, 0.2) is 30.6 Å². The predicted molar refractivity (Wildman–Crippen MR) is 57.2 cm³/mol. The van der Waals surface area contributed by atoms with Gasteiger partial charge in [0.2, 0.25) is 0 Å². The van der Waals surface area contributed by atoms with Crippen LogP contribution in [0.2, 0.25) is 0 Å². The number of halogens is 2. The monoisotopic (exact) mass is 223 g/mol. The van der Waals surface area contributed by atoms with Crippen molar-refractivity contribution >= 4 is 5.69 Å². The third kappa shape index (κ3) is 2.18. The molecule has 0 aliphatic carbocycles. The zero-order valence-electron chi connectivity index (χ0n) is 8.74. The molecule has 5 heteroatoms. The van der Waals surface area contributed by atoms with Gasteiger partial charge in [-0.25, -0.2) is 8.78 Å². The summed E-state index contributed by atoms with van der Waals surface area (Å²) in [6.07, 6.45) is 3.46. The van der Waals surface area contributed by atoms with Gasteiger partial charge in [0.15, 0.2) is 11.6 Å². The van der Waals surface area contributed by atoms with Crippen molar-refractivity contribution < 1.29 is 8.78 Å². The van der Waals surface area contributed by atoms with Gasteiger partial charge in [-0.1, -0.05) is 6.07 Å². The van der Waals surface area contributed by atoms with Gasteiger partial charge in [-0.2, -0.15) is 5.10 Å². The fourth-order valence-electron chi connectivity index (χ4n) is 1.40. The van der Waals surface area contributed by atoms with E-state index in [1.807, 2.05) is 0 Å². The first-order valence-corrected chi connectivity index (χ1v) is 4.83. The maximum Gasteiger partial charge on any atom is 0.159 e. The van der Waals surface area contributed by atoms with Gasteiger partial charge >= 0.3 is 0 Å². The van der Waals surface area contributed by atoms with Gasteiger partial charge in [0, 0.05) is 13.2 Å². The Morgan fingerprint density at radius 2 is 2.12 bits per heavy atom. The molecule has 0 aliphatic heterocycles. The van der Waals surface area contributed by atoms with E-state index in [0.29, 0.717) is 12.1 Å². The standard InChI is InChI=1S/C11H11F2N3/c1-14-9-5-15-16(7-9)6-8-2-3-10(12)11(13)4-8/h2-5,7,14H,6H2,1H3. The molecule has 2 rings (SSSR count). The summed E-state index contributed by atoms with van der Waals surface area (Å²) in [6.45, 7) is 0.416. The molecule has 0 amide bonds. The normalized spacial score (nSPS) is 10.4. The van der Waals surface area contributed by atoms with E-state index in [1.165, 1.54) is 6.07 Å². The summed E-state index contributed by atoms with van der Waals surface area (Å²) in [4.78, 5) is 0. The molecule has 0 fully saturated rings. The molecule has 84 valence electrons. The first-order chi connectivity index (χ1) is 7.69. The molecule has 0 atom stereocenters. The number of aromatic nitrogens is 2. The van der Waals surface area contributed by atoms with Crippen molar-refractivity contribution in [1.29, 1.82) is 0 Å². The van der Waals surface area contributed by atoms with E-state index in [0.717, 1.165) is 11.8 Å². The van der Waals surface area contributed by atoms with Crippen molar-refractivity contribution in [3.8, 4) is 0 Å². The number of nitrogens with one attached hydrogen (secondary N) is 1. The highest BCUT2D eigenvalue weighted by atomic mass is 19.2. The number of nitrogens with zero attached hydrogens (tertiary/aromatic N) is 2. The zero-order chi connectivity index (χ0) is 11.5. The second-order valence-electron chi connectivity index (χ2n) is 3.43. The van der Waals surface area contributed by atoms with E-state index in [-0.39, 0.29) is 0 Å². The Balaban J connectivity index is 2.17. The molecular weight excluding hydrogens is 212 g/mol. The van der Waals surface area contributed by atoms with Gasteiger partial charge in [0.05, 0.1) is 18.4 Å². The predicted octanol–water partition coefficient (Wildman–Crippen LogP) is 2.25. The molecule has 1 N–H and O–H groups in total. The minimum atomic E-state index is -0.835. The van der Waals surface area contributed by atoms with Crippen LogP contribution in [-0.2, 0) is 6.54 Å². The van der Waals surface area contributed by atoms with E-state index < -0.39 is 11.6 Å². The quantitative estimate of drug-likeness (QED) is 0.864. The summed E-state index contributed by atoms with van der Waals surface area (Å²) < 4.78 is 27.3. The highest BCUT2D eigenvalue weighted by molar-refractivity contribution is 5.37. The molecule has 16 heavy (non-hydrogen) atoms. The van der Waals surface area contributed by atoms with Crippen LogP contribution in [0, 0.1) is 11.6 Å². The molecule has 0 bridgehead atoms. The molecule has 0 aliphatic rings. The Morgan fingerprint density at radius 1 is 1.31 bits per heavy atom. The number of hydrogen-bond acceptors (Lipinski definition) is 2. The van der Waals surface area contributed by atoms with Crippen LogP contribution in [-0.4, -0.2) is 16.8 Å². The minimum absolute atomic E-state index is 0.416. The van der Waals surface area contributed by atoms with Crippen molar-refractivity contribution in [3.63, 3.8) is 0 Å². The van der Waals surface area contributed by atoms with Crippen LogP contribution >= 0.6 is 0 Å². The van der Waals surface area contributed by atoms with Crippen molar-refractivity contribution in [2.75, 3.05) is 12.4 Å². The summed E-state index contributed by atoms with van der Waals surface area (Å²) in [5, 5.41) is 7.01. The first-order valence-electron chi connectivity index (χ1n) is 4.83. The highest BCUT2D eigenvalue weighted by Crippen LogP contribution is 2.11. The second-order valence-corrected chi connectivity index (χ2v) is 3.43. The molecule has 0 radical (unpaired) electrons. The SMILES string of the molecule is CNc1cnn(Cc2ccc(F)c(F)c2)c1. The molecule has 1 aromatic carbocycles. The Kier molecular flexibility index (Phi) is 2.85. The van der Waals surface area contributed by atoms with Crippen LogP contribution < -0.4 is 5.32 Å². The summed E-state index contributed by atoms with van der Waals surface area (Å²) in [5.41, 5.74) is 1.55. The van der Waals surface area contributed by atoms with Crippen molar-refractivity contribution in [2.24, 2.45) is 0 Å². The molecule has 0 saturated carbocycles. The van der Waals surface area contributed by atoms with Gasteiger partial charge < -0.3 is 5.32 Å². The van der Waals surface area contributed by atoms with E-state index >= 15 is 0 Å². The fraction of sp³-hybridized carbons (Fsp3) is 0.182. The minimum Gasteiger partial charge on any atom is -0.386 e. The largest absolute Gasteiger partial charge is 0.386 e. The molecule has 1 heterocycles. The van der Waals surface area contributed by atoms with Crippen LogP contribution in [0.3, 0.4) is 0 Å². The molecule has 0 unspecified atom stereocenters. The first kappa shape index (κ1) is 10.6. The van der Waals surface area contributed by atoms with E-state index in [1.54, 1.807) is 30.2 Å². The van der Waals surface area contributed by atoms with Crippen LogP contribution in [0.1, 0.15) is 5.56 Å². The smallest absolute Gasteiger partial charge is 0.159 e. The molecule has 0 saturated heterocycles. The Bertz CT molecular complexity index is 494. The summed E-state index contributed by atoms with van der Waals surface area (Å²) in [6, 6.07) is 3.84. The number of anilines is 1. The van der Waals surface area contributed by atoms with Crippen molar-refractivity contribution in [1.82, 2.24) is 9.78 Å². The molecule has 1 aromatic heterocycles. The molecule has 3 nitrogen and oxygen atoms in total. The zero-order valence-corrected chi connectivity index (χ0v) is 8.74. The second kappa shape index (κ2) is 4.30. The van der Waals surface area contributed by atoms with E-state index in [9.17, 15) is 8.78 Å². The summed E-state index contributed by atoms with van der Waals surface area (Å²) >= 11 is 0. The summed E-state index contributed by atoms with van der Waals surface area (Å²) in [5.74, 6) is -1.67. The average Bonchev–Trinajstić information content (AvgIpc) is 2.71. The topological polar surface area (TPSA) is 29.9 Å². The van der Waals surface area contributed by atoms with Crippen LogP contribution in [0.25, 0.3) is 0 Å². The lowest BCUT2D eigenvalue weighted by atomic mass is 10.2. The maximum absolute atomic E-state index is 12.9. The number of benzene rings is 1. The number of rotatable bonds is 3.